The molecule has 0 atom stereocenters. The Kier molecular flexibility index (Phi) is 4.58. The van der Waals surface area contributed by atoms with Crippen molar-refractivity contribution in [2.75, 3.05) is 6.54 Å². The molecule has 0 fully saturated rings. The zero-order chi connectivity index (χ0) is 13.0. The van der Waals surface area contributed by atoms with Crippen molar-refractivity contribution in [3.8, 4) is 11.6 Å². The van der Waals surface area contributed by atoms with E-state index < -0.39 is 0 Å². The van der Waals surface area contributed by atoms with Gasteiger partial charge in [0.25, 0.3) is 0 Å². The Morgan fingerprint density at radius 1 is 1.28 bits per heavy atom. The van der Waals surface area contributed by atoms with E-state index in [0.717, 1.165) is 16.5 Å². The highest BCUT2D eigenvalue weighted by atomic mass is 79.9. The number of hydrogen-bond acceptors (Lipinski definition) is 3. The summed E-state index contributed by atoms with van der Waals surface area (Å²) in [6.45, 7) is 0.616. The lowest BCUT2D eigenvalue weighted by molar-refractivity contribution is 0.459. The van der Waals surface area contributed by atoms with Crippen molar-refractivity contribution in [1.29, 1.82) is 0 Å². The molecule has 1 heterocycles. The molecule has 0 unspecified atom stereocenters. The van der Waals surface area contributed by atoms with Gasteiger partial charge in [0.1, 0.15) is 5.75 Å². The van der Waals surface area contributed by atoms with Gasteiger partial charge in [-0.15, -0.1) is 0 Å². The summed E-state index contributed by atoms with van der Waals surface area (Å²) in [4.78, 5) is 4.22. The average Bonchev–Trinajstić information content (AvgIpc) is 2.35. The van der Waals surface area contributed by atoms with Gasteiger partial charge in [0, 0.05) is 17.3 Å². The molecule has 0 aliphatic heterocycles. The summed E-state index contributed by atoms with van der Waals surface area (Å²) in [5, 5.41) is 0.653. The van der Waals surface area contributed by atoms with Gasteiger partial charge in [-0.2, -0.15) is 0 Å². The Bertz CT molecular complexity index is 531. The Morgan fingerprint density at radius 3 is 2.72 bits per heavy atom. The zero-order valence-corrected chi connectivity index (χ0v) is 11.9. The summed E-state index contributed by atoms with van der Waals surface area (Å²) in [7, 11) is 0. The molecule has 94 valence electrons. The molecule has 0 spiro atoms. The number of hydrogen-bond donors (Lipinski definition) is 1. The van der Waals surface area contributed by atoms with Crippen molar-refractivity contribution in [2.45, 2.75) is 6.42 Å². The highest BCUT2D eigenvalue weighted by molar-refractivity contribution is 9.10. The smallest absolute Gasteiger partial charge is 0.219 e. The van der Waals surface area contributed by atoms with Gasteiger partial charge in [-0.1, -0.05) is 17.7 Å². The minimum atomic E-state index is 0.541. The second kappa shape index (κ2) is 6.18. The van der Waals surface area contributed by atoms with Crippen LogP contribution in [0.2, 0.25) is 5.02 Å². The summed E-state index contributed by atoms with van der Waals surface area (Å²) < 4.78 is 6.44. The van der Waals surface area contributed by atoms with E-state index >= 15 is 0 Å². The monoisotopic (exact) mass is 326 g/mol. The minimum Gasteiger partial charge on any atom is -0.438 e. The Hall–Kier alpha value is -1.10. The third-order valence-electron chi connectivity index (χ3n) is 2.34. The number of rotatable bonds is 4. The second-order valence-electron chi connectivity index (χ2n) is 3.72. The standard InChI is InChI=1S/C13H12BrClN2O/c14-11-7-10(15)2-3-12(11)18-13-4-1-9(5-6-16)8-17-13/h1-4,7-8H,5-6,16H2. The van der Waals surface area contributed by atoms with Crippen LogP contribution in [0.3, 0.4) is 0 Å². The van der Waals surface area contributed by atoms with Crippen LogP contribution in [0, 0.1) is 0 Å². The number of halogens is 2. The first kappa shape index (κ1) is 13.3. The lowest BCUT2D eigenvalue weighted by Gasteiger charge is -2.07. The van der Waals surface area contributed by atoms with E-state index in [0.29, 0.717) is 23.2 Å². The fourth-order valence-electron chi connectivity index (χ4n) is 1.46. The third kappa shape index (κ3) is 3.45. The number of pyridine rings is 1. The highest BCUT2D eigenvalue weighted by Gasteiger charge is 2.04. The van der Waals surface area contributed by atoms with Crippen molar-refractivity contribution in [3.05, 3.63) is 51.6 Å². The molecule has 0 saturated carbocycles. The molecule has 1 aromatic heterocycles. The van der Waals surface area contributed by atoms with Gasteiger partial charge in [-0.3, -0.25) is 0 Å². The van der Waals surface area contributed by atoms with Crippen LogP contribution >= 0.6 is 27.5 Å². The molecule has 0 saturated heterocycles. The number of aromatic nitrogens is 1. The molecule has 0 radical (unpaired) electrons. The molecule has 5 heteroatoms. The maximum atomic E-state index is 5.86. The maximum absolute atomic E-state index is 5.86. The first-order valence-electron chi connectivity index (χ1n) is 5.47. The molecule has 18 heavy (non-hydrogen) atoms. The van der Waals surface area contributed by atoms with Crippen LogP contribution in [0.5, 0.6) is 11.6 Å². The van der Waals surface area contributed by atoms with E-state index in [1.54, 1.807) is 24.4 Å². The van der Waals surface area contributed by atoms with Gasteiger partial charge in [0.05, 0.1) is 4.47 Å². The van der Waals surface area contributed by atoms with E-state index in [1.807, 2.05) is 12.1 Å². The maximum Gasteiger partial charge on any atom is 0.219 e. The first-order chi connectivity index (χ1) is 8.69. The molecule has 3 nitrogen and oxygen atoms in total. The summed E-state index contributed by atoms with van der Waals surface area (Å²) in [5.41, 5.74) is 6.58. The third-order valence-corrected chi connectivity index (χ3v) is 3.19. The number of nitrogens with zero attached hydrogens (tertiary/aromatic N) is 1. The predicted octanol–water partition coefficient (Wildman–Crippen LogP) is 3.79. The van der Waals surface area contributed by atoms with Crippen molar-refractivity contribution in [2.24, 2.45) is 5.73 Å². The van der Waals surface area contributed by atoms with Crippen molar-refractivity contribution in [3.63, 3.8) is 0 Å². The van der Waals surface area contributed by atoms with E-state index in [-0.39, 0.29) is 0 Å². The second-order valence-corrected chi connectivity index (χ2v) is 5.01. The molecule has 2 aromatic rings. The molecule has 0 bridgehead atoms. The summed E-state index contributed by atoms with van der Waals surface area (Å²) in [5.74, 6) is 1.22. The van der Waals surface area contributed by atoms with Gasteiger partial charge in [-0.25, -0.2) is 4.98 Å². The van der Waals surface area contributed by atoms with Gasteiger partial charge < -0.3 is 10.5 Å². The summed E-state index contributed by atoms with van der Waals surface area (Å²) in [6.07, 6.45) is 2.59. The van der Waals surface area contributed by atoms with E-state index in [2.05, 4.69) is 20.9 Å². The normalized spacial score (nSPS) is 10.4. The number of nitrogens with two attached hydrogens (primary N) is 1. The molecule has 2 rings (SSSR count). The lowest BCUT2D eigenvalue weighted by Crippen LogP contribution is -2.02. The van der Waals surface area contributed by atoms with E-state index in [4.69, 9.17) is 22.1 Å². The quantitative estimate of drug-likeness (QED) is 0.929. The fraction of sp³-hybridized carbons (Fsp3) is 0.154. The Balaban J connectivity index is 2.13. The van der Waals surface area contributed by atoms with Crippen LogP contribution in [0.25, 0.3) is 0 Å². The van der Waals surface area contributed by atoms with Gasteiger partial charge in [0.2, 0.25) is 5.88 Å². The van der Waals surface area contributed by atoms with E-state index in [9.17, 15) is 0 Å². The van der Waals surface area contributed by atoms with Gasteiger partial charge >= 0.3 is 0 Å². The molecule has 0 amide bonds. The van der Waals surface area contributed by atoms with Gasteiger partial charge in [0.15, 0.2) is 0 Å². The number of benzene rings is 1. The molecule has 0 aliphatic carbocycles. The van der Waals surface area contributed by atoms with Crippen molar-refractivity contribution in [1.82, 2.24) is 4.98 Å². The summed E-state index contributed by atoms with van der Waals surface area (Å²) in [6, 6.07) is 9.12. The van der Waals surface area contributed by atoms with Gasteiger partial charge in [-0.05, 0) is 52.7 Å². The molecular formula is C13H12BrClN2O. The predicted molar refractivity (Wildman–Crippen MR) is 76.2 cm³/mol. The highest BCUT2D eigenvalue weighted by Crippen LogP contribution is 2.31. The van der Waals surface area contributed by atoms with E-state index in [1.165, 1.54) is 0 Å². The van der Waals surface area contributed by atoms with Crippen LogP contribution < -0.4 is 10.5 Å². The van der Waals surface area contributed by atoms with Crippen LogP contribution in [-0.2, 0) is 6.42 Å². The molecule has 1 aromatic carbocycles. The Morgan fingerprint density at radius 2 is 2.11 bits per heavy atom. The largest absolute Gasteiger partial charge is 0.438 e. The van der Waals surface area contributed by atoms with Crippen LogP contribution in [0.15, 0.2) is 41.0 Å². The Labute approximate surface area is 119 Å². The fourth-order valence-corrected chi connectivity index (χ4v) is 2.22. The number of ether oxygens (including phenoxy) is 1. The minimum absolute atomic E-state index is 0.541. The first-order valence-corrected chi connectivity index (χ1v) is 6.64. The molecule has 2 N–H and O–H groups in total. The average molecular weight is 328 g/mol. The van der Waals surface area contributed by atoms with Crippen LogP contribution in [0.1, 0.15) is 5.56 Å². The zero-order valence-electron chi connectivity index (χ0n) is 9.57. The molecular weight excluding hydrogens is 316 g/mol. The SMILES string of the molecule is NCCc1ccc(Oc2ccc(Cl)cc2Br)nc1. The van der Waals surface area contributed by atoms with Crippen molar-refractivity contribution < 1.29 is 4.74 Å². The molecule has 0 aliphatic rings. The van der Waals surface area contributed by atoms with Crippen molar-refractivity contribution >= 4 is 27.5 Å². The topological polar surface area (TPSA) is 48.1 Å². The summed E-state index contributed by atoms with van der Waals surface area (Å²) >= 11 is 9.25. The van der Waals surface area contributed by atoms with Crippen LogP contribution in [-0.4, -0.2) is 11.5 Å². The van der Waals surface area contributed by atoms with Crippen LogP contribution in [0.4, 0.5) is 0 Å². The lowest BCUT2D eigenvalue weighted by atomic mass is 10.2.